The number of anilines is 1. The third-order valence-electron chi connectivity index (χ3n) is 5.23. The van der Waals surface area contributed by atoms with E-state index in [1.807, 2.05) is 43.3 Å². The summed E-state index contributed by atoms with van der Waals surface area (Å²) in [6, 6.07) is 17.2. The predicted octanol–water partition coefficient (Wildman–Crippen LogP) is 2.53. The monoisotopic (exact) mass is 380 g/mol. The molecule has 1 aliphatic rings. The quantitative estimate of drug-likeness (QED) is 0.837. The van der Waals surface area contributed by atoms with Crippen LogP contribution in [0.1, 0.15) is 18.1 Å². The molecule has 148 valence electrons. The van der Waals surface area contributed by atoms with E-state index in [0.29, 0.717) is 6.54 Å². The van der Waals surface area contributed by atoms with Gasteiger partial charge in [0, 0.05) is 38.4 Å². The van der Waals surface area contributed by atoms with Gasteiger partial charge in [-0.1, -0.05) is 48.5 Å². The highest BCUT2D eigenvalue weighted by atomic mass is 16.2. The summed E-state index contributed by atoms with van der Waals surface area (Å²) < 4.78 is 0. The molecule has 28 heavy (non-hydrogen) atoms. The Morgan fingerprint density at radius 3 is 2.29 bits per heavy atom. The van der Waals surface area contributed by atoms with E-state index in [1.165, 1.54) is 11.3 Å². The smallest absolute Gasteiger partial charge is 0.321 e. The van der Waals surface area contributed by atoms with Crippen molar-refractivity contribution < 1.29 is 9.59 Å². The Morgan fingerprint density at radius 2 is 1.61 bits per heavy atom. The molecule has 0 spiro atoms. The zero-order valence-electron chi connectivity index (χ0n) is 16.5. The Labute approximate surface area is 166 Å². The first-order valence-electron chi connectivity index (χ1n) is 9.72. The van der Waals surface area contributed by atoms with Crippen LogP contribution in [-0.2, 0) is 11.3 Å². The van der Waals surface area contributed by atoms with Crippen molar-refractivity contribution in [2.75, 3.05) is 31.1 Å². The summed E-state index contributed by atoms with van der Waals surface area (Å²) in [6.07, 6.45) is 0. The Kier molecular flexibility index (Phi) is 6.66. The Balaban J connectivity index is 1.45. The van der Waals surface area contributed by atoms with E-state index in [4.69, 9.17) is 0 Å². The minimum absolute atomic E-state index is 0.269. The number of para-hydroxylation sites is 1. The van der Waals surface area contributed by atoms with E-state index in [-0.39, 0.29) is 11.9 Å². The molecule has 0 aliphatic carbocycles. The standard InChI is InChI=1S/C22H28N4O2/c1-17-8-6-7-11-20(17)26-14-12-25(13-15-26)18(2)21(27)24-22(28)23-16-19-9-4-3-5-10-19/h3-11,18H,12-16H2,1-2H3,(H2,23,24,27,28). The van der Waals surface area contributed by atoms with Crippen LogP contribution in [0.2, 0.25) is 0 Å². The van der Waals surface area contributed by atoms with Crippen LogP contribution in [-0.4, -0.2) is 49.1 Å². The van der Waals surface area contributed by atoms with Crippen molar-refractivity contribution in [3.05, 3.63) is 65.7 Å². The molecule has 0 radical (unpaired) electrons. The molecule has 3 amide bonds. The van der Waals surface area contributed by atoms with E-state index in [1.54, 1.807) is 0 Å². The van der Waals surface area contributed by atoms with Crippen LogP contribution in [0.5, 0.6) is 0 Å². The molecule has 1 aliphatic heterocycles. The van der Waals surface area contributed by atoms with Crippen molar-refractivity contribution in [1.29, 1.82) is 0 Å². The summed E-state index contributed by atoms with van der Waals surface area (Å²) >= 11 is 0. The number of piperazine rings is 1. The normalized spacial score (nSPS) is 15.7. The molecular weight excluding hydrogens is 352 g/mol. The van der Waals surface area contributed by atoms with Gasteiger partial charge in [0.1, 0.15) is 0 Å². The lowest BCUT2D eigenvalue weighted by molar-refractivity contribution is -0.124. The van der Waals surface area contributed by atoms with E-state index in [9.17, 15) is 9.59 Å². The highest BCUT2D eigenvalue weighted by Gasteiger charge is 2.26. The van der Waals surface area contributed by atoms with Crippen LogP contribution < -0.4 is 15.5 Å². The first-order valence-corrected chi connectivity index (χ1v) is 9.72. The second kappa shape index (κ2) is 9.37. The maximum atomic E-state index is 12.4. The maximum Gasteiger partial charge on any atom is 0.321 e. The zero-order chi connectivity index (χ0) is 19.9. The summed E-state index contributed by atoms with van der Waals surface area (Å²) in [6.45, 7) is 7.66. The molecule has 1 saturated heterocycles. The minimum atomic E-state index is -0.459. The first-order chi connectivity index (χ1) is 13.5. The zero-order valence-corrected chi connectivity index (χ0v) is 16.5. The average Bonchev–Trinajstić information content (AvgIpc) is 2.73. The number of hydrogen-bond acceptors (Lipinski definition) is 4. The fourth-order valence-electron chi connectivity index (χ4n) is 3.47. The van der Waals surface area contributed by atoms with Gasteiger partial charge < -0.3 is 10.2 Å². The number of nitrogens with one attached hydrogen (secondary N) is 2. The van der Waals surface area contributed by atoms with Crippen LogP contribution in [0, 0.1) is 6.92 Å². The largest absolute Gasteiger partial charge is 0.369 e. The van der Waals surface area contributed by atoms with Crippen LogP contribution in [0.25, 0.3) is 0 Å². The van der Waals surface area contributed by atoms with Crippen LogP contribution in [0.15, 0.2) is 54.6 Å². The van der Waals surface area contributed by atoms with Gasteiger partial charge >= 0.3 is 6.03 Å². The Morgan fingerprint density at radius 1 is 0.964 bits per heavy atom. The summed E-state index contributed by atoms with van der Waals surface area (Å²) in [4.78, 5) is 28.9. The van der Waals surface area contributed by atoms with Crippen molar-refractivity contribution in [2.24, 2.45) is 0 Å². The number of hydrogen-bond donors (Lipinski definition) is 2. The SMILES string of the molecule is Cc1ccccc1N1CCN(C(C)C(=O)NC(=O)NCc2ccccc2)CC1. The van der Waals surface area contributed by atoms with Gasteiger partial charge in [-0.15, -0.1) is 0 Å². The minimum Gasteiger partial charge on any atom is -0.369 e. The molecule has 0 bridgehead atoms. The fourth-order valence-corrected chi connectivity index (χ4v) is 3.47. The topological polar surface area (TPSA) is 64.7 Å². The molecule has 3 rings (SSSR count). The molecule has 1 atom stereocenters. The first kappa shape index (κ1) is 19.9. The molecule has 2 aromatic rings. The van der Waals surface area contributed by atoms with Crippen LogP contribution in [0.3, 0.4) is 0 Å². The van der Waals surface area contributed by atoms with Crippen molar-refractivity contribution >= 4 is 17.6 Å². The second-order valence-corrected chi connectivity index (χ2v) is 7.14. The van der Waals surface area contributed by atoms with E-state index < -0.39 is 6.03 Å². The van der Waals surface area contributed by atoms with Crippen molar-refractivity contribution in [1.82, 2.24) is 15.5 Å². The number of carbonyl (C=O) groups excluding carboxylic acids is 2. The summed E-state index contributed by atoms with van der Waals surface area (Å²) in [5.74, 6) is -0.269. The van der Waals surface area contributed by atoms with Crippen LogP contribution in [0.4, 0.5) is 10.5 Å². The number of benzene rings is 2. The average molecular weight is 380 g/mol. The third kappa shape index (κ3) is 5.10. The summed E-state index contributed by atoms with van der Waals surface area (Å²) in [5, 5.41) is 5.18. The third-order valence-corrected chi connectivity index (χ3v) is 5.23. The van der Waals surface area contributed by atoms with Gasteiger partial charge in [-0.3, -0.25) is 15.0 Å². The lowest BCUT2D eigenvalue weighted by Gasteiger charge is -2.39. The number of rotatable bonds is 5. The van der Waals surface area contributed by atoms with E-state index in [2.05, 4.69) is 45.6 Å². The molecule has 1 heterocycles. The number of urea groups is 1. The highest BCUT2D eigenvalue weighted by Crippen LogP contribution is 2.21. The number of carbonyl (C=O) groups is 2. The summed E-state index contributed by atoms with van der Waals surface area (Å²) in [5.41, 5.74) is 3.50. The van der Waals surface area contributed by atoms with Gasteiger partial charge in [-0.05, 0) is 31.0 Å². The molecule has 2 aromatic carbocycles. The Bertz CT molecular complexity index is 801. The van der Waals surface area contributed by atoms with Crippen molar-refractivity contribution in [3.8, 4) is 0 Å². The summed E-state index contributed by atoms with van der Waals surface area (Å²) in [7, 11) is 0. The number of nitrogens with zero attached hydrogens (tertiary/aromatic N) is 2. The molecule has 1 unspecified atom stereocenters. The van der Waals surface area contributed by atoms with E-state index >= 15 is 0 Å². The molecule has 0 aromatic heterocycles. The number of amides is 3. The molecule has 1 fully saturated rings. The Hall–Kier alpha value is -2.86. The van der Waals surface area contributed by atoms with E-state index in [0.717, 1.165) is 31.7 Å². The number of aryl methyl sites for hydroxylation is 1. The maximum absolute atomic E-state index is 12.4. The van der Waals surface area contributed by atoms with Gasteiger partial charge in [0.2, 0.25) is 5.91 Å². The molecule has 6 nitrogen and oxygen atoms in total. The predicted molar refractivity (Wildman–Crippen MR) is 111 cm³/mol. The highest BCUT2D eigenvalue weighted by molar-refractivity contribution is 5.96. The van der Waals surface area contributed by atoms with Gasteiger partial charge in [0.05, 0.1) is 6.04 Å². The molecule has 6 heteroatoms. The lowest BCUT2D eigenvalue weighted by atomic mass is 10.1. The van der Waals surface area contributed by atoms with Crippen molar-refractivity contribution in [2.45, 2.75) is 26.4 Å². The number of imide groups is 1. The second-order valence-electron chi connectivity index (χ2n) is 7.14. The van der Waals surface area contributed by atoms with Crippen molar-refractivity contribution in [3.63, 3.8) is 0 Å². The van der Waals surface area contributed by atoms with Gasteiger partial charge in [0.15, 0.2) is 0 Å². The molecule has 2 N–H and O–H groups in total. The molecular formula is C22H28N4O2. The fraction of sp³-hybridized carbons (Fsp3) is 0.364. The lowest BCUT2D eigenvalue weighted by Crippen LogP contribution is -2.55. The molecule has 0 saturated carbocycles. The van der Waals surface area contributed by atoms with Gasteiger partial charge in [-0.25, -0.2) is 4.79 Å². The van der Waals surface area contributed by atoms with Gasteiger partial charge in [0.25, 0.3) is 0 Å². The van der Waals surface area contributed by atoms with Gasteiger partial charge in [-0.2, -0.15) is 0 Å². The van der Waals surface area contributed by atoms with Crippen LogP contribution >= 0.6 is 0 Å².